The van der Waals surface area contributed by atoms with E-state index in [1.54, 1.807) is 24.3 Å². The fraction of sp³-hybridized carbons (Fsp3) is 0. The number of sulfonamides is 1. The number of hydrogen-bond acceptors (Lipinski definition) is 5. The van der Waals surface area contributed by atoms with Crippen molar-refractivity contribution in [2.45, 2.75) is 4.90 Å². The highest BCUT2D eigenvalue weighted by molar-refractivity contribution is 7.92. The molecule has 0 radical (unpaired) electrons. The number of aromatic nitrogens is 1. The molecule has 1 aromatic heterocycles. The SMILES string of the molecule is N#Cc1ccccc1Nc1ccc(NS(=O)(=O)c2ccc(Cl)cc2)nc1. The van der Waals surface area contributed by atoms with Crippen LogP contribution in [0.3, 0.4) is 0 Å². The normalized spacial score (nSPS) is 10.8. The summed E-state index contributed by atoms with van der Waals surface area (Å²) in [6.07, 6.45) is 1.48. The Hall–Kier alpha value is -3.08. The van der Waals surface area contributed by atoms with Crippen LogP contribution >= 0.6 is 11.6 Å². The van der Waals surface area contributed by atoms with E-state index in [0.717, 1.165) is 0 Å². The molecule has 0 bridgehead atoms. The molecule has 0 fully saturated rings. The number of nitrogens with zero attached hydrogens (tertiary/aromatic N) is 2. The lowest BCUT2D eigenvalue weighted by Crippen LogP contribution is -2.13. The number of nitriles is 1. The van der Waals surface area contributed by atoms with E-state index in [1.165, 1.54) is 36.5 Å². The number of halogens is 1. The molecule has 3 rings (SSSR count). The van der Waals surface area contributed by atoms with Gasteiger partial charge in [-0.15, -0.1) is 0 Å². The summed E-state index contributed by atoms with van der Waals surface area (Å²) in [5.74, 6) is 0.180. The zero-order valence-corrected chi connectivity index (χ0v) is 14.9. The van der Waals surface area contributed by atoms with Crippen molar-refractivity contribution < 1.29 is 8.42 Å². The number of hydrogen-bond donors (Lipinski definition) is 2. The van der Waals surface area contributed by atoms with E-state index in [1.807, 2.05) is 6.07 Å². The van der Waals surface area contributed by atoms with Crippen molar-refractivity contribution in [3.63, 3.8) is 0 Å². The quantitative estimate of drug-likeness (QED) is 0.689. The summed E-state index contributed by atoms with van der Waals surface area (Å²) in [6.45, 7) is 0. The highest BCUT2D eigenvalue weighted by Gasteiger charge is 2.14. The molecule has 1 heterocycles. The molecule has 26 heavy (non-hydrogen) atoms. The van der Waals surface area contributed by atoms with E-state index in [0.29, 0.717) is 22.0 Å². The lowest BCUT2D eigenvalue weighted by Gasteiger charge is -2.10. The van der Waals surface area contributed by atoms with Crippen LogP contribution in [0.15, 0.2) is 71.8 Å². The second kappa shape index (κ2) is 7.44. The number of para-hydroxylation sites is 1. The van der Waals surface area contributed by atoms with Gasteiger partial charge in [0.25, 0.3) is 10.0 Å². The highest BCUT2D eigenvalue weighted by atomic mass is 35.5. The van der Waals surface area contributed by atoms with Crippen LogP contribution in [0.2, 0.25) is 5.02 Å². The molecule has 0 aliphatic heterocycles. The van der Waals surface area contributed by atoms with Crippen LogP contribution in [-0.2, 0) is 10.0 Å². The van der Waals surface area contributed by atoms with Gasteiger partial charge in [0, 0.05) is 5.02 Å². The van der Waals surface area contributed by atoms with Crippen molar-refractivity contribution in [3.05, 3.63) is 77.4 Å². The van der Waals surface area contributed by atoms with Gasteiger partial charge in [0.15, 0.2) is 0 Å². The molecule has 0 aliphatic carbocycles. The Bertz CT molecular complexity index is 1060. The van der Waals surface area contributed by atoms with Gasteiger partial charge in [0.1, 0.15) is 11.9 Å². The Balaban J connectivity index is 1.75. The summed E-state index contributed by atoms with van der Waals surface area (Å²) in [7, 11) is -3.75. The maximum Gasteiger partial charge on any atom is 0.263 e. The first kappa shape index (κ1) is 17.7. The van der Waals surface area contributed by atoms with Crippen molar-refractivity contribution in [1.29, 1.82) is 5.26 Å². The minimum atomic E-state index is -3.75. The van der Waals surface area contributed by atoms with Gasteiger partial charge in [0.05, 0.1) is 28.0 Å². The second-order valence-corrected chi connectivity index (χ2v) is 7.39. The number of anilines is 3. The van der Waals surface area contributed by atoms with E-state index >= 15 is 0 Å². The summed E-state index contributed by atoms with van der Waals surface area (Å²) >= 11 is 5.77. The molecule has 0 saturated heterocycles. The number of pyridine rings is 1. The predicted molar refractivity (Wildman–Crippen MR) is 101 cm³/mol. The summed E-state index contributed by atoms with van der Waals surface area (Å²) in [6, 6.07) is 18.2. The van der Waals surface area contributed by atoms with Gasteiger partial charge >= 0.3 is 0 Å². The van der Waals surface area contributed by atoms with Gasteiger partial charge < -0.3 is 5.32 Å². The topological polar surface area (TPSA) is 94.9 Å². The van der Waals surface area contributed by atoms with Crippen LogP contribution in [0, 0.1) is 11.3 Å². The molecule has 0 aliphatic rings. The lowest BCUT2D eigenvalue weighted by atomic mass is 10.2. The summed E-state index contributed by atoms with van der Waals surface area (Å²) in [5.41, 5.74) is 1.77. The Morgan fingerprint density at radius 1 is 1.00 bits per heavy atom. The first-order chi connectivity index (χ1) is 12.5. The molecule has 3 aromatic rings. The molecule has 0 amide bonds. The van der Waals surface area contributed by atoms with Crippen LogP contribution in [-0.4, -0.2) is 13.4 Å². The summed E-state index contributed by atoms with van der Waals surface area (Å²) in [4.78, 5) is 4.19. The molecule has 0 unspecified atom stereocenters. The number of benzene rings is 2. The fourth-order valence-electron chi connectivity index (χ4n) is 2.18. The van der Waals surface area contributed by atoms with Crippen LogP contribution in [0.25, 0.3) is 0 Å². The van der Waals surface area contributed by atoms with Crippen molar-refractivity contribution in [1.82, 2.24) is 4.98 Å². The molecule has 0 spiro atoms. The van der Waals surface area contributed by atoms with Gasteiger partial charge in [0.2, 0.25) is 0 Å². The van der Waals surface area contributed by atoms with Crippen molar-refractivity contribution in [2.24, 2.45) is 0 Å². The molecule has 6 nitrogen and oxygen atoms in total. The number of rotatable bonds is 5. The first-order valence-corrected chi connectivity index (χ1v) is 9.35. The van der Waals surface area contributed by atoms with Crippen LogP contribution in [0.1, 0.15) is 5.56 Å². The largest absolute Gasteiger partial charge is 0.353 e. The lowest BCUT2D eigenvalue weighted by molar-refractivity contribution is 0.601. The van der Waals surface area contributed by atoms with Gasteiger partial charge in [-0.05, 0) is 48.5 Å². The Kier molecular flexibility index (Phi) is 5.07. The minimum Gasteiger partial charge on any atom is -0.353 e. The molecule has 0 atom stereocenters. The maximum absolute atomic E-state index is 12.3. The average molecular weight is 385 g/mol. The third kappa shape index (κ3) is 4.11. The molecular formula is C18H13ClN4O2S. The minimum absolute atomic E-state index is 0.0915. The molecule has 8 heteroatoms. The molecule has 2 N–H and O–H groups in total. The van der Waals surface area contributed by atoms with E-state index in [4.69, 9.17) is 16.9 Å². The van der Waals surface area contributed by atoms with E-state index in [9.17, 15) is 8.42 Å². The zero-order valence-electron chi connectivity index (χ0n) is 13.3. The standard InChI is InChI=1S/C18H13ClN4O2S/c19-14-5-8-16(9-6-14)26(24,25)23-18-10-7-15(12-21-18)22-17-4-2-1-3-13(17)11-20/h1-10,12,22H,(H,21,23). The van der Waals surface area contributed by atoms with E-state index in [-0.39, 0.29) is 10.7 Å². The monoisotopic (exact) mass is 384 g/mol. The van der Waals surface area contributed by atoms with Gasteiger partial charge in [-0.3, -0.25) is 4.72 Å². The van der Waals surface area contributed by atoms with E-state index < -0.39 is 10.0 Å². The molecule has 130 valence electrons. The van der Waals surface area contributed by atoms with Crippen molar-refractivity contribution >= 4 is 38.8 Å². The third-order valence-electron chi connectivity index (χ3n) is 3.45. The van der Waals surface area contributed by atoms with Gasteiger partial charge in [-0.2, -0.15) is 5.26 Å². The Labute approximate surface area is 156 Å². The first-order valence-electron chi connectivity index (χ1n) is 7.48. The van der Waals surface area contributed by atoms with Crippen LogP contribution in [0.4, 0.5) is 17.2 Å². The van der Waals surface area contributed by atoms with Crippen LogP contribution in [0.5, 0.6) is 0 Å². The Morgan fingerprint density at radius 2 is 1.73 bits per heavy atom. The fourth-order valence-corrected chi connectivity index (χ4v) is 3.32. The van der Waals surface area contributed by atoms with Crippen LogP contribution < -0.4 is 10.0 Å². The maximum atomic E-state index is 12.3. The zero-order chi connectivity index (χ0) is 18.6. The third-order valence-corrected chi connectivity index (χ3v) is 5.08. The van der Waals surface area contributed by atoms with Gasteiger partial charge in [-0.25, -0.2) is 13.4 Å². The van der Waals surface area contributed by atoms with E-state index in [2.05, 4.69) is 21.1 Å². The molecule has 0 saturated carbocycles. The second-order valence-electron chi connectivity index (χ2n) is 5.27. The van der Waals surface area contributed by atoms with Crippen molar-refractivity contribution in [2.75, 3.05) is 10.0 Å². The smallest absolute Gasteiger partial charge is 0.263 e. The summed E-state index contributed by atoms with van der Waals surface area (Å²) in [5, 5.41) is 12.6. The molecular weight excluding hydrogens is 372 g/mol. The average Bonchev–Trinajstić information content (AvgIpc) is 2.64. The predicted octanol–water partition coefficient (Wildman–Crippen LogP) is 4.15. The highest BCUT2D eigenvalue weighted by Crippen LogP contribution is 2.22. The summed E-state index contributed by atoms with van der Waals surface area (Å²) < 4.78 is 27.1. The Morgan fingerprint density at radius 3 is 2.38 bits per heavy atom. The molecule has 2 aromatic carbocycles. The van der Waals surface area contributed by atoms with Crippen molar-refractivity contribution in [3.8, 4) is 6.07 Å². The number of nitrogens with one attached hydrogen (secondary N) is 2. The van der Waals surface area contributed by atoms with Gasteiger partial charge in [-0.1, -0.05) is 23.7 Å².